The van der Waals surface area contributed by atoms with Crippen molar-refractivity contribution in [3.05, 3.63) is 78.4 Å². The molecule has 2 aromatic heterocycles. The number of aromatic nitrogens is 4. The van der Waals surface area contributed by atoms with Gasteiger partial charge in [-0.1, -0.05) is 30.3 Å². The summed E-state index contributed by atoms with van der Waals surface area (Å²) in [6.45, 7) is 0. The van der Waals surface area contributed by atoms with Gasteiger partial charge in [0.2, 0.25) is 0 Å². The molecule has 0 aliphatic heterocycles. The molecule has 0 radical (unpaired) electrons. The topological polar surface area (TPSA) is 85.0 Å². The summed E-state index contributed by atoms with van der Waals surface area (Å²) in [7, 11) is 3.22. The highest BCUT2D eigenvalue weighted by molar-refractivity contribution is 5.93. The number of rotatable bonds is 6. The third-order valence-electron chi connectivity index (χ3n) is 5.15. The Morgan fingerprint density at radius 1 is 0.875 bits per heavy atom. The van der Waals surface area contributed by atoms with Crippen LogP contribution in [-0.4, -0.2) is 34.2 Å². The van der Waals surface area contributed by atoms with Gasteiger partial charge in [-0.3, -0.25) is 0 Å². The van der Waals surface area contributed by atoms with E-state index in [0.29, 0.717) is 17.3 Å². The van der Waals surface area contributed by atoms with Crippen molar-refractivity contribution in [2.24, 2.45) is 0 Å². The van der Waals surface area contributed by atoms with Crippen LogP contribution in [-0.2, 0) is 6.42 Å². The van der Waals surface area contributed by atoms with E-state index in [-0.39, 0.29) is 12.4 Å². The molecule has 0 amide bonds. The zero-order chi connectivity index (χ0) is 21.2. The molecule has 2 heterocycles. The smallest absolute Gasteiger partial charge is 0.162 e. The number of aromatic amines is 1. The summed E-state index contributed by atoms with van der Waals surface area (Å²) in [5.41, 5.74) is 4.77. The number of H-pyrrole nitrogens is 1. The average Bonchev–Trinajstić information content (AvgIpc) is 3.20. The van der Waals surface area contributed by atoms with Crippen LogP contribution in [0.2, 0.25) is 0 Å². The number of methoxy groups -OCH3 is 2. The second kappa shape index (κ2) is 9.11. The SMILES string of the molecule is COc1cc2ncnc(Nc3ccc4[nH]c(Cc5ccccc5)nc4c3)c2cc1OC.Cl. The van der Waals surface area contributed by atoms with Crippen LogP contribution in [0.3, 0.4) is 0 Å². The fourth-order valence-corrected chi connectivity index (χ4v) is 3.63. The largest absolute Gasteiger partial charge is 0.493 e. The van der Waals surface area contributed by atoms with Crippen molar-refractivity contribution in [3.63, 3.8) is 0 Å². The van der Waals surface area contributed by atoms with Crippen LogP contribution in [0, 0.1) is 0 Å². The molecule has 0 aliphatic rings. The van der Waals surface area contributed by atoms with E-state index < -0.39 is 0 Å². The number of fused-ring (bicyclic) bond motifs is 2. The minimum atomic E-state index is 0. The molecule has 5 aromatic rings. The molecule has 0 bridgehead atoms. The molecule has 2 N–H and O–H groups in total. The van der Waals surface area contributed by atoms with Crippen molar-refractivity contribution >= 4 is 45.8 Å². The van der Waals surface area contributed by atoms with Gasteiger partial charge in [0.05, 0.1) is 30.8 Å². The zero-order valence-corrected chi connectivity index (χ0v) is 18.4. The van der Waals surface area contributed by atoms with Crippen molar-refractivity contribution in [2.75, 3.05) is 19.5 Å². The maximum atomic E-state index is 5.44. The molecule has 0 saturated heterocycles. The van der Waals surface area contributed by atoms with Crippen LogP contribution in [0.25, 0.3) is 21.9 Å². The number of nitrogens with zero attached hydrogens (tertiary/aromatic N) is 3. The van der Waals surface area contributed by atoms with Crippen molar-refractivity contribution < 1.29 is 9.47 Å². The van der Waals surface area contributed by atoms with Crippen molar-refractivity contribution in [1.29, 1.82) is 0 Å². The summed E-state index contributed by atoms with van der Waals surface area (Å²) >= 11 is 0. The lowest BCUT2D eigenvalue weighted by Crippen LogP contribution is -1.98. The van der Waals surface area contributed by atoms with Crippen LogP contribution in [0.1, 0.15) is 11.4 Å². The number of nitrogens with one attached hydrogen (secondary N) is 2. The molecule has 0 atom stereocenters. The minimum Gasteiger partial charge on any atom is -0.493 e. The van der Waals surface area contributed by atoms with E-state index in [1.165, 1.54) is 11.9 Å². The Hall–Kier alpha value is -3.84. The van der Waals surface area contributed by atoms with Crippen molar-refractivity contribution in [2.45, 2.75) is 6.42 Å². The summed E-state index contributed by atoms with van der Waals surface area (Å²) < 4.78 is 10.8. The molecule has 32 heavy (non-hydrogen) atoms. The van der Waals surface area contributed by atoms with Gasteiger partial charge >= 0.3 is 0 Å². The van der Waals surface area contributed by atoms with Crippen molar-refractivity contribution in [1.82, 2.24) is 19.9 Å². The van der Waals surface area contributed by atoms with Gasteiger partial charge in [-0.25, -0.2) is 15.0 Å². The van der Waals surface area contributed by atoms with Gasteiger partial charge in [0.1, 0.15) is 18.0 Å². The molecule has 0 saturated carbocycles. The summed E-state index contributed by atoms with van der Waals surface area (Å²) in [6, 6.07) is 20.0. The van der Waals surface area contributed by atoms with E-state index in [2.05, 4.69) is 32.4 Å². The highest BCUT2D eigenvalue weighted by Crippen LogP contribution is 2.34. The maximum absolute atomic E-state index is 5.44. The molecule has 162 valence electrons. The van der Waals surface area contributed by atoms with Gasteiger partial charge in [-0.2, -0.15) is 0 Å². The number of ether oxygens (including phenoxy) is 2. The number of hydrogen-bond acceptors (Lipinski definition) is 6. The van der Waals surface area contributed by atoms with E-state index >= 15 is 0 Å². The fraction of sp³-hybridized carbons (Fsp3) is 0.125. The van der Waals surface area contributed by atoms with E-state index in [1.54, 1.807) is 14.2 Å². The first kappa shape index (κ1) is 21.4. The Morgan fingerprint density at radius 3 is 2.44 bits per heavy atom. The minimum absolute atomic E-state index is 0. The van der Waals surface area contributed by atoms with Crippen LogP contribution in [0.5, 0.6) is 11.5 Å². The molecule has 3 aromatic carbocycles. The van der Waals surface area contributed by atoms with Crippen LogP contribution >= 0.6 is 12.4 Å². The molecular formula is C24H22ClN5O2. The molecule has 0 unspecified atom stereocenters. The quantitative estimate of drug-likeness (QED) is 0.368. The second-order valence-electron chi connectivity index (χ2n) is 7.15. The lowest BCUT2D eigenvalue weighted by molar-refractivity contribution is 0.356. The summed E-state index contributed by atoms with van der Waals surface area (Å²) in [5, 5.41) is 4.23. The molecular weight excluding hydrogens is 426 g/mol. The Bertz CT molecular complexity index is 1370. The Kier molecular flexibility index (Phi) is 6.09. The monoisotopic (exact) mass is 447 g/mol. The third kappa shape index (κ3) is 4.15. The highest BCUT2D eigenvalue weighted by Gasteiger charge is 2.12. The average molecular weight is 448 g/mol. The Morgan fingerprint density at radius 2 is 1.66 bits per heavy atom. The molecule has 7 nitrogen and oxygen atoms in total. The van der Waals surface area contributed by atoms with Gasteiger partial charge in [-0.05, 0) is 29.8 Å². The zero-order valence-electron chi connectivity index (χ0n) is 17.6. The maximum Gasteiger partial charge on any atom is 0.162 e. The number of imidazole rings is 1. The van der Waals surface area contributed by atoms with Gasteiger partial charge in [-0.15, -0.1) is 12.4 Å². The van der Waals surface area contributed by atoms with Crippen LogP contribution in [0.4, 0.5) is 11.5 Å². The summed E-state index contributed by atoms with van der Waals surface area (Å²) in [5.74, 6) is 2.87. The predicted molar refractivity (Wildman–Crippen MR) is 129 cm³/mol. The Labute approximate surface area is 191 Å². The van der Waals surface area contributed by atoms with Gasteiger partial charge < -0.3 is 19.8 Å². The first-order valence-corrected chi connectivity index (χ1v) is 9.90. The van der Waals surface area contributed by atoms with E-state index in [4.69, 9.17) is 14.5 Å². The number of hydrogen-bond donors (Lipinski definition) is 2. The fourth-order valence-electron chi connectivity index (χ4n) is 3.63. The predicted octanol–water partition coefficient (Wildman–Crippen LogP) is 5.28. The Balaban J connectivity index is 0.00000245. The highest BCUT2D eigenvalue weighted by atomic mass is 35.5. The summed E-state index contributed by atoms with van der Waals surface area (Å²) in [4.78, 5) is 16.9. The standard InChI is InChI=1S/C24H21N5O2.ClH/c1-30-21-12-17-19(13-22(21)31-2)25-14-26-24(17)27-16-8-9-18-20(11-16)29-23(28-18)10-15-6-4-3-5-7-15;/h3-9,11-14H,10H2,1-2H3,(H,28,29)(H,25,26,27);1H. The summed E-state index contributed by atoms with van der Waals surface area (Å²) in [6.07, 6.45) is 2.29. The molecule has 8 heteroatoms. The molecule has 0 fully saturated rings. The van der Waals surface area contributed by atoms with E-state index in [9.17, 15) is 0 Å². The lowest BCUT2D eigenvalue weighted by Gasteiger charge is -2.12. The van der Waals surface area contributed by atoms with E-state index in [0.717, 1.165) is 39.9 Å². The van der Waals surface area contributed by atoms with Crippen molar-refractivity contribution in [3.8, 4) is 11.5 Å². The third-order valence-corrected chi connectivity index (χ3v) is 5.15. The van der Waals surface area contributed by atoms with Crippen LogP contribution in [0.15, 0.2) is 67.0 Å². The molecule has 5 rings (SSSR count). The molecule has 0 aliphatic carbocycles. The molecule has 0 spiro atoms. The second-order valence-corrected chi connectivity index (χ2v) is 7.15. The normalized spacial score (nSPS) is 10.7. The van der Waals surface area contributed by atoms with Gasteiger partial charge in [0.25, 0.3) is 0 Å². The van der Waals surface area contributed by atoms with Crippen LogP contribution < -0.4 is 14.8 Å². The first-order valence-electron chi connectivity index (χ1n) is 9.90. The number of benzene rings is 3. The van der Waals surface area contributed by atoms with Gasteiger partial charge in [0.15, 0.2) is 11.5 Å². The first-order chi connectivity index (χ1) is 15.2. The lowest BCUT2D eigenvalue weighted by atomic mass is 10.1. The number of anilines is 2. The van der Waals surface area contributed by atoms with E-state index in [1.807, 2.05) is 48.5 Å². The van der Waals surface area contributed by atoms with Gasteiger partial charge in [0, 0.05) is 23.6 Å². The number of halogens is 1.